The third-order valence-corrected chi connectivity index (χ3v) is 6.49. The van der Waals surface area contributed by atoms with Crippen LogP contribution in [0, 0.1) is 0 Å². The lowest BCUT2D eigenvalue weighted by molar-refractivity contribution is -0.953. The highest BCUT2D eigenvalue weighted by atomic mass is 16.4. The van der Waals surface area contributed by atoms with Crippen molar-refractivity contribution in [1.29, 1.82) is 0 Å². The minimum absolute atomic E-state index is 0.320. The molecule has 0 heterocycles. The molecule has 0 saturated carbocycles. The predicted molar refractivity (Wildman–Crippen MR) is 110 cm³/mol. The van der Waals surface area contributed by atoms with Crippen molar-refractivity contribution >= 4 is 5.97 Å². The van der Waals surface area contributed by atoms with Crippen LogP contribution in [0.3, 0.4) is 0 Å². The molecule has 0 saturated heterocycles. The van der Waals surface area contributed by atoms with Crippen LogP contribution in [0.2, 0.25) is 0 Å². The maximum atomic E-state index is 11.6. The molecule has 0 rings (SSSR count). The van der Waals surface area contributed by atoms with Gasteiger partial charge in [-0.25, -0.2) is 0 Å². The zero-order valence-corrected chi connectivity index (χ0v) is 18.3. The topological polar surface area (TPSA) is 66.2 Å². The molecule has 4 nitrogen and oxygen atoms in total. The third-order valence-electron chi connectivity index (χ3n) is 6.49. The van der Waals surface area contributed by atoms with E-state index in [2.05, 4.69) is 6.92 Å². The van der Waals surface area contributed by atoms with E-state index in [-0.39, 0.29) is 0 Å². The molecule has 1 atom stereocenters. The van der Waals surface area contributed by atoms with Crippen molar-refractivity contribution in [3.8, 4) is 0 Å². The Morgan fingerprint density at radius 3 is 1.73 bits per heavy atom. The van der Waals surface area contributed by atoms with E-state index in [0.29, 0.717) is 17.1 Å². The van der Waals surface area contributed by atoms with Gasteiger partial charge in [-0.2, -0.15) is 0 Å². The minimum Gasteiger partial charge on any atom is -0.544 e. The predicted octanol–water partition coefficient (Wildman–Crippen LogP) is 4.01. The van der Waals surface area contributed by atoms with Crippen molar-refractivity contribution in [2.75, 3.05) is 20.6 Å². The van der Waals surface area contributed by atoms with Gasteiger partial charge < -0.3 is 20.1 Å². The summed E-state index contributed by atoms with van der Waals surface area (Å²) in [5, 5.41) is 11.6. The van der Waals surface area contributed by atoms with Crippen LogP contribution in [-0.4, -0.2) is 42.7 Å². The molecule has 156 valence electrons. The molecule has 0 amide bonds. The number of hydrogen-bond donors (Lipinski definition) is 1. The molecule has 0 aliphatic carbocycles. The van der Waals surface area contributed by atoms with E-state index in [1.807, 2.05) is 14.1 Å². The molecular formula is C22H46N2O2. The molecule has 0 aromatic carbocycles. The normalized spacial score (nSPS) is 13.8. The second-order valence-electron chi connectivity index (χ2n) is 8.94. The Kier molecular flexibility index (Phi) is 13.2. The van der Waals surface area contributed by atoms with Crippen LogP contribution >= 0.6 is 0 Å². The zero-order chi connectivity index (χ0) is 20.1. The molecule has 0 bridgehead atoms. The van der Waals surface area contributed by atoms with E-state index >= 15 is 0 Å². The minimum atomic E-state index is -0.969. The van der Waals surface area contributed by atoms with E-state index < -0.39 is 11.5 Å². The summed E-state index contributed by atoms with van der Waals surface area (Å²) in [6.45, 7) is 6.50. The van der Waals surface area contributed by atoms with Gasteiger partial charge in [-0.3, -0.25) is 0 Å². The molecular weight excluding hydrogens is 324 g/mol. The Bertz CT molecular complexity index is 367. The summed E-state index contributed by atoms with van der Waals surface area (Å²) in [6, 6.07) is 0.320. The van der Waals surface area contributed by atoms with Crippen molar-refractivity contribution in [2.45, 2.75) is 116 Å². The monoisotopic (exact) mass is 370 g/mol. The first-order chi connectivity index (χ1) is 12.2. The summed E-state index contributed by atoms with van der Waals surface area (Å²) in [5.41, 5.74) is 4.82. The summed E-state index contributed by atoms with van der Waals surface area (Å²) < 4.78 is 0.465. The SMILES string of the molecule is CCCCCCCCCCCCC(CCCN)[N+](C)(C)C(C)(C)C(=O)[O-]. The van der Waals surface area contributed by atoms with Gasteiger partial charge in [0, 0.05) is 6.42 Å². The number of aliphatic carboxylic acids is 1. The van der Waals surface area contributed by atoms with Crippen LogP contribution < -0.4 is 10.8 Å². The Morgan fingerprint density at radius 1 is 0.885 bits per heavy atom. The summed E-state index contributed by atoms with van der Waals surface area (Å²) in [5.74, 6) is -0.969. The van der Waals surface area contributed by atoms with Gasteiger partial charge in [-0.15, -0.1) is 0 Å². The number of nitrogens with zero attached hydrogens (tertiary/aromatic N) is 1. The van der Waals surface area contributed by atoms with Crippen LogP contribution in [0.15, 0.2) is 0 Å². The van der Waals surface area contributed by atoms with Gasteiger partial charge in [-0.1, -0.05) is 64.7 Å². The highest BCUT2D eigenvalue weighted by molar-refractivity contribution is 5.73. The van der Waals surface area contributed by atoms with Crippen molar-refractivity contribution in [3.05, 3.63) is 0 Å². The highest BCUT2D eigenvalue weighted by Crippen LogP contribution is 2.29. The van der Waals surface area contributed by atoms with Gasteiger partial charge in [0.1, 0.15) is 11.5 Å². The van der Waals surface area contributed by atoms with Gasteiger partial charge in [0.15, 0.2) is 0 Å². The Hall–Kier alpha value is -0.610. The van der Waals surface area contributed by atoms with Crippen molar-refractivity contribution < 1.29 is 14.4 Å². The highest BCUT2D eigenvalue weighted by Gasteiger charge is 2.43. The maximum Gasteiger partial charge on any atom is 0.133 e. The number of quaternary nitrogens is 1. The van der Waals surface area contributed by atoms with Gasteiger partial charge in [0.05, 0.1) is 20.1 Å². The van der Waals surface area contributed by atoms with E-state index in [0.717, 1.165) is 19.3 Å². The fraction of sp³-hybridized carbons (Fsp3) is 0.955. The molecule has 0 aliphatic rings. The first-order valence-electron chi connectivity index (χ1n) is 11.0. The van der Waals surface area contributed by atoms with Crippen LogP contribution in [0.4, 0.5) is 0 Å². The third kappa shape index (κ3) is 8.85. The number of nitrogens with two attached hydrogens (primary N) is 1. The molecule has 1 unspecified atom stereocenters. The first kappa shape index (κ1) is 25.4. The van der Waals surface area contributed by atoms with Crippen LogP contribution in [0.25, 0.3) is 0 Å². The fourth-order valence-electron chi connectivity index (χ4n) is 3.70. The van der Waals surface area contributed by atoms with E-state index in [9.17, 15) is 9.90 Å². The molecule has 0 aromatic rings. The molecule has 0 fully saturated rings. The summed E-state index contributed by atoms with van der Waals surface area (Å²) in [6.07, 6.45) is 16.3. The van der Waals surface area contributed by atoms with Crippen LogP contribution in [-0.2, 0) is 4.79 Å². The zero-order valence-electron chi connectivity index (χ0n) is 18.3. The summed E-state index contributed by atoms with van der Waals surface area (Å²) in [7, 11) is 4.07. The number of carbonyl (C=O) groups is 1. The molecule has 0 spiro atoms. The largest absolute Gasteiger partial charge is 0.544 e. The second kappa shape index (κ2) is 13.5. The lowest BCUT2D eigenvalue weighted by atomic mass is 9.92. The summed E-state index contributed by atoms with van der Waals surface area (Å²) in [4.78, 5) is 11.6. The Balaban J connectivity index is 4.25. The van der Waals surface area contributed by atoms with Gasteiger partial charge >= 0.3 is 0 Å². The molecule has 0 radical (unpaired) electrons. The van der Waals surface area contributed by atoms with Crippen molar-refractivity contribution in [1.82, 2.24) is 0 Å². The smallest absolute Gasteiger partial charge is 0.133 e. The first-order valence-corrected chi connectivity index (χ1v) is 11.0. The lowest BCUT2D eigenvalue weighted by Gasteiger charge is -2.50. The number of carboxylic acids is 1. The standard InChI is InChI=1S/C22H46N2O2/c1-6-7-8-9-10-11-12-13-14-15-17-20(18-16-19-23)24(4,5)22(2,3)21(25)26/h20H,6-19,23H2,1-5H3. The molecule has 26 heavy (non-hydrogen) atoms. The number of likely N-dealkylation sites (N-methyl/N-ethyl adjacent to an activating group) is 1. The van der Waals surface area contributed by atoms with Crippen LogP contribution in [0.5, 0.6) is 0 Å². The Labute approximate surface area is 163 Å². The number of rotatable bonds is 17. The molecule has 2 N–H and O–H groups in total. The summed E-state index contributed by atoms with van der Waals surface area (Å²) >= 11 is 0. The molecule has 0 aliphatic heterocycles. The Morgan fingerprint density at radius 2 is 1.31 bits per heavy atom. The van der Waals surface area contributed by atoms with E-state index in [1.165, 1.54) is 64.2 Å². The lowest BCUT2D eigenvalue weighted by Crippen LogP contribution is -2.68. The number of carboxylic acid groups (broad SMARTS) is 1. The van der Waals surface area contributed by atoms with Crippen molar-refractivity contribution in [3.63, 3.8) is 0 Å². The number of carbonyl (C=O) groups excluding carboxylic acids is 1. The van der Waals surface area contributed by atoms with Gasteiger partial charge in [0.2, 0.25) is 0 Å². The van der Waals surface area contributed by atoms with E-state index in [4.69, 9.17) is 5.73 Å². The fourth-order valence-corrected chi connectivity index (χ4v) is 3.70. The maximum absolute atomic E-state index is 11.6. The average molecular weight is 371 g/mol. The van der Waals surface area contributed by atoms with Gasteiger partial charge in [0.25, 0.3) is 0 Å². The van der Waals surface area contributed by atoms with E-state index in [1.54, 1.807) is 13.8 Å². The van der Waals surface area contributed by atoms with Crippen LogP contribution in [0.1, 0.15) is 104 Å². The average Bonchev–Trinajstić information content (AvgIpc) is 2.58. The second-order valence-corrected chi connectivity index (χ2v) is 8.94. The molecule has 4 heteroatoms. The number of hydrogen-bond acceptors (Lipinski definition) is 3. The molecule has 0 aromatic heterocycles. The van der Waals surface area contributed by atoms with Gasteiger partial charge in [-0.05, 0) is 39.7 Å². The van der Waals surface area contributed by atoms with Crippen molar-refractivity contribution in [2.24, 2.45) is 5.73 Å². The quantitative estimate of drug-likeness (QED) is 0.311. The number of unbranched alkanes of at least 4 members (excludes halogenated alkanes) is 9.